The number of hydrogen-bond donors (Lipinski definition) is 2. The number of benzene rings is 1. The maximum atomic E-state index is 12.1. The van der Waals surface area contributed by atoms with Gasteiger partial charge in [-0.05, 0) is 37.5 Å². The predicted molar refractivity (Wildman–Crippen MR) is 100 cm³/mol. The molecule has 0 heterocycles. The third-order valence-electron chi connectivity index (χ3n) is 3.55. The Morgan fingerprint density at radius 3 is 2.41 bits per heavy atom. The van der Waals surface area contributed by atoms with E-state index in [2.05, 4.69) is 10.6 Å². The molecule has 1 aromatic carbocycles. The van der Waals surface area contributed by atoms with Gasteiger partial charge in [-0.25, -0.2) is 9.59 Å². The number of ether oxygens (including phenoxy) is 3. The van der Waals surface area contributed by atoms with Crippen LogP contribution in [0, 0.1) is 5.92 Å². The molecule has 0 aromatic heterocycles. The standard InChI is InChI=1S/C19H28N2O6/c1-6-13(4)20-19(24)21-17(22)11-27-18(23)14-7-8-15(16(9-14)25-5)26-10-12(2)3/h7-9,12-13H,6,10-11H2,1-5H3,(H2,20,21,22,24)/t13-/m1/s1. The van der Waals surface area contributed by atoms with Gasteiger partial charge >= 0.3 is 12.0 Å². The third-order valence-corrected chi connectivity index (χ3v) is 3.55. The molecule has 0 aliphatic heterocycles. The highest BCUT2D eigenvalue weighted by atomic mass is 16.5. The van der Waals surface area contributed by atoms with Crippen molar-refractivity contribution in [3.05, 3.63) is 23.8 Å². The highest BCUT2D eigenvalue weighted by Gasteiger charge is 2.16. The first kappa shape index (κ1) is 22.3. The van der Waals surface area contributed by atoms with Gasteiger partial charge in [0.1, 0.15) is 0 Å². The summed E-state index contributed by atoms with van der Waals surface area (Å²) in [6, 6.07) is 3.92. The second-order valence-electron chi connectivity index (χ2n) is 6.48. The van der Waals surface area contributed by atoms with Crippen LogP contribution in [0.2, 0.25) is 0 Å². The van der Waals surface area contributed by atoms with Gasteiger partial charge in [-0.15, -0.1) is 0 Å². The highest BCUT2D eigenvalue weighted by molar-refractivity contribution is 5.97. The zero-order valence-corrected chi connectivity index (χ0v) is 16.5. The molecular formula is C19H28N2O6. The van der Waals surface area contributed by atoms with Crippen LogP contribution in [0.3, 0.4) is 0 Å². The van der Waals surface area contributed by atoms with E-state index in [0.29, 0.717) is 24.0 Å². The summed E-state index contributed by atoms with van der Waals surface area (Å²) in [5.74, 6) is -0.172. The minimum absolute atomic E-state index is 0.0655. The summed E-state index contributed by atoms with van der Waals surface area (Å²) >= 11 is 0. The molecule has 150 valence electrons. The van der Waals surface area contributed by atoms with E-state index in [1.165, 1.54) is 19.2 Å². The Labute approximate surface area is 159 Å². The zero-order chi connectivity index (χ0) is 20.4. The average Bonchev–Trinajstić information content (AvgIpc) is 2.63. The Balaban J connectivity index is 2.59. The molecule has 0 spiro atoms. The Kier molecular flexibility index (Phi) is 9.12. The Bertz CT molecular complexity index is 660. The van der Waals surface area contributed by atoms with Crippen LogP contribution in [0.1, 0.15) is 44.5 Å². The van der Waals surface area contributed by atoms with Gasteiger partial charge in [0.2, 0.25) is 0 Å². The van der Waals surface area contributed by atoms with Crippen LogP contribution < -0.4 is 20.1 Å². The van der Waals surface area contributed by atoms with E-state index in [1.807, 2.05) is 27.7 Å². The zero-order valence-electron chi connectivity index (χ0n) is 16.5. The van der Waals surface area contributed by atoms with Crippen LogP contribution in [0.25, 0.3) is 0 Å². The number of urea groups is 1. The van der Waals surface area contributed by atoms with Crippen molar-refractivity contribution >= 4 is 17.9 Å². The Hall–Kier alpha value is -2.77. The Morgan fingerprint density at radius 2 is 1.81 bits per heavy atom. The molecule has 0 bridgehead atoms. The summed E-state index contributed by atoms with van der Waals surface area (Å²) in [4.78, 5) is 35.4. The number of rotatable bonds is 9. The van der Waals surface area contributed by atoms with Crippen LogP contribution in [0.4, 0.5) is 4.79 Å². The molecule has 1 atom stereocenters. The van der Waals surface area contributed by atoms with Gasteiger partial charge in [-0.1, -0.05) is 20.8 Å². The van der Waals surface area contributed by atoms with Gasteiger partial charge < -0.3 is 19.5 Å². The molecule has 0 saturated heterocycles. The number of amides is 3. The van der Waals surface area contributed by atoms with E-state index in [4.69, 9.17) is 14.2 Å². The molecule has 3 amide bonds. The average molecular weight is 380 g/mol. The lowest BCUT2D eigenvalue weighted by Crippen LogP contribution is -2.44. The summed E-state index contributed by atoms with van der Waals surface area (Å²) < 4.78 is 15.8. The van der Waals surface area contributed by atoms with E-state index >= 15 is 0 Å². The number of carbonyl (C=O) groups is 3. The van der Waals surface area contributed by atoms with Crippen molar-refractivity contribution in [3.63, 3.8) is 0 Å². The lowest BCUT2D eigenvalue weighted by Gasteiger charge is -2.13. The first-order valence-electron chi connectivity index (χ1n) is 8.85. The number of nitrogens with one attached hydrogen (secondary N) is 2. The normalized spacial score (nSPS) is 11.5. The lowest BCUT2D eigenvalue weighted by molar-refractivity contribution is -0.123. The minimum atomic E-state index is -0.715. The fraction of sp³-hybridized carbons (Fsp3) is 0.526. The monoisotopic (exact) mass is 380 g/mol. The molecular weight excluding hydrogens is 352 g/mol. The largest absolute Gasteiger partial charge is 0.493 e. The summed E-state index contributed by atoms with van der Waals surface area (Å²) in [5, 5.41) is 4.68. The van der Waals surface area contributed by atoms with Crippen LogP contribution in [0.5, 0.6) is 11.5 Å². The maximum absolute atomic E-state index is 12.1. The molecule has 2 N–H and O–H groups in total. The van der Waals surface area contributed by atoms with Crippen molar-refractivity contribution in [2.24, 2.45) is 5.92 Å². The van der Waals surface area contributed by atoms with Gasteiger partial charge in [0.15, 0.2) is 18.1 Å². The van der Waals surface area contributed by atoms with Crippen molar-refractivity contribution < 1.29 is 28.6 Å². The van der Waals surface area contributed by atoms with Gasteiger partial charge in [-0.2, -0.15) is 0 Å². The van der Waals surface area contributed by atoms with Crippen molar-refractivity contribution in [2.75, 3.05) is 20.3 Å². The van der Waals surface area contributed by atoms with Crippen molar-refractivity contribution in [3.8, 4) is 11.5 Å². The first-order valence-corrected chi connectivity index (χ1v) is 8.85. The van der Waals surface area contributed by atoms with E-state index in [0.717, 1.165) is 6.42 Å². The molecule has 8 nitrogen and oxygen atoms in total. The molecule has 0 unspecified atom stereocenters. The number of hydrogen-bond acceptors (Lipinski definition) is 6. The summed E-state index contributed by atoms with van der Waals surface area (Å²) in [6.45, 7) is 7.70. The molecule has 1 rings (SSSR count). The van der Waals surface area contributed by atoms with Crippen LogP contribution in [-0.4, -0.2) is 44.3 Å². The second-order valence-corrected chi connectivity index (χ2v) is 6.48. The van der Waals surface area contributed by atoms with Crippen LogP contribution in [0.15, 0.2) is 18.2 Å². The van der Waals surface area contributed by atoms with E-state index in [9.17, 15) is 14.4 Å². The van der Waals surface area contributed by atoms with Gasteiger partial charge in [0.25, 0.3) is 5.91 Å². The van der Waals surface area contributed by atoms with Gasteiger partial charge in [0, 0.05) is 6.04 Å². The summed E-state index contributed by atoms with van der Waals surface area (Å²) in [7, 11) is 1.47. The molecule has 8 heteroatoms. The summed E-state index contributed by atoms with van der Waals surface area (Å²) in [6.07, 6.45) is 0.731. The van der Waals surface area contributed by atoms with Gasteiger partial charge in [-0.3, -0.25) is 10.1 Å². The topological polar surface area (TPSA) is 103 Å². The predicted octanol–water partition coefficient (Wildman–Crippen LogP) is 2.51. The number of methoxy groups -OCH3 is 1. The van der Waals surface area contributed by atoms with Crippen molar-refractivity contribution in [1.82, 2.24) is 10.6 Å². The van der Waals surface area contributed by atoms with E-state index in [-0.39, 0.29) is 11.6 Å². The van der Waals surface area contributed by atoms with Crippen molar-refractivity contribution in [2.45, 2.75) is 40.2 Å². The number of imide groups is 1. The molecule has 0 aliphatic rings. The number of esters is 1. The summed E-state index contributed by atoms with van der Waals surface area (Å²) in [5.41, 5.74) is 0.209. The first-order chi connectivity index (χ1) is 12.8. The highest BCUT2D eigenvalue weighted by Crippen LogP contribution is 2.28. The van der Waals surface area contributed by atoms with Crippen LogP contribution >= 0.6 is 0 Å². The lowest BCUT2D eigenvalue weighted by atomic mass is 10.2. The fourth-order valence-corrected chi connectivity index (χ4v) is 1.91. The molecule has 1 aromatic rings. The fourth-order valence-electron chi connectivity index (χ4n) is 1.91. The SMILES string of the molecule is CC[C@@H](C)NC(=O)NC(=O)COC(=O)c1ccc(OCC(C)C)c(OC)c1. The molecule has 0 fully saturated rings. The molecule has 0 aliphatic carbocycles. The van der Waals surface area contributed by atoms with Crippen molar-refractivity contribution in [1.29, 1.82) is 0 Å². The number of carbonyl (C=O) groups excluding carboxylic acids is 3. The maximum Gasteiger partial charge on any atom is 0.338 e. The molecule has 27 heavy (non-hydrogen) atoms. The minimum Gasteiger partial charge on any atom is -0.493 e. The second kappa shape index (κ2) is 11.1. The molecule has 0 saturated carbocycles. The Morgan fingerprint density at radius 1 is 1.11 bits per heavy atom. The third kappa shape index (κ3) is 7.98. The quantitative estimate of drug-likeness (QED) is 0.638. The van der Waals surface area contributed by atoms with Crippen LogP contribution in [-0.2, 0) is 9.53 Å². The van der Waals surface area contributed by atoms with E-state index in [1.54, 1.807) is 6.07 Å². The van der Waals surface area contributed by atoms with E-state index < -0.39 is 24.5 Å². The van der Waals surface area contributed by atoms with Gasteiger partial charge in [0.05, 0.1) is 19.3 Å². The molecule has 0 radical (unpaired) electrons. The smallest absolute Gasteiger partial charge is 0.338 e.